The number of nitrogens with one attached hydrogen (secondary N) is 1. The number of hydrogen-bond acceptors (Lipinski definition) is 5. The Labute approximate surface area is 177 Å². The van der Waals surface area contributed by atoms with E-state index in [0.29, 0.717) is 33.1 Å². The Bertz CT molecular complexity index is 1250. The Morgan fingerprint density at radius 2 is 1.76 bits per heavy atom. The molecule has 0 saturated heterocycles. The van der Waals surface area contributed by atoms with E-state index in [4.69, 9.17) is 21.8 Å². The zero-order valence-electron chi connectivity index (χ0n) is 15.1. The van der Waals surface area contributed by atoms with Crippen molar-refractivity contribution < 1.29 is 12.8 Å². The highest BCUT2D eigenvalue weighted by Gasteiger charge is 2.21. The molecule has 3 aromatic carbocycles. The minimum Gasteiger partial charge on any atom is -0.443 e. The molecule has 4 aromatic rings. The molecule has 0 bridgehead atoms. The van der Waals surface area contributed by atoms with Gasteiger partial charge in [0.25, 0.3) is 10.0 Å². The summed E-state index contributed by atoms with van der Waals surface area (Å²) in [6.07, 6.45) is 0. The fourth-order valence-corrected chi connectivity index (χ4v) is 5.09. The third-order valence-corrected chi connectivity index (χ3v) is 6.87. The number of thioether (sulfide) groups is 1. The van der Waals surface area contributed by atoms with E-state index >= 15 is 0 Å². The molecular formula is C21H17ClN2O3S2. The number of para-hydroxylation sites is 2. The van der Waals surface area contributed by atoms with Crippen molar-refractivity contribution >= 4 is 55.7 Å². The van der Waals surface area contributed by atoms with E-state index in [9.17, 15) is 8.42 Å². The topological polar surface area (TPSA) is 85.3 Å². The van der Waals surface area contributed by atoms with Crippen molar-refractivity contribution in [2.75, 3.05) is 10.5 Å². The van der Waals surface area contributed by atoms with Gasteiger partial charge in [-0.2, -0.15) is 8.42 Å². The minimum absolute atomic E-state index is 0.151. The molecule has 0 atom stereocenters. The number of nitrogen functional groups attached to an aromatic ring is 1. The van der Waals surface area contributed by atoms with Crippen LogP contribution in [-0.2, 0) is 15.8 Å². The van der Waals surface area contributed by atoms with Gasteiger partial charge in [0, 0.05) is 32.8 Å². The van der Waals surface area contributed by atoms with Crippen LogP contribution in [0.1, 0.15) is 5.56 Å². The molecule has 0 fully saturated rings. The summed E-state index contributed by atoms with van der Waals surface area (Å²) in [6, 6.07) is 21.3. The first kappa shape index (κ1) is 19.7. The van der Waals surface area contributed by atoms with Gasteiger partial charge in [-0.3, -0.25) is 4.72 Å². The largest absolute Gasteiger partial charge is 0.443 e. The highest BCUT2D eigenvalue weighted by Crippen LogP contribution is 2.35. The van der Waals surface area contributed by atoms with Gasteiger partial charge in [-0.25, -0.2) is 0 Å². The smallest absolute Gasteiger partial charge is 0.295 e. The third kappa shape index (κ3) is 4.37. The molecule has 0 spiro atoms. The number of fused-ring (bicyclic) bond motifs is 1. The van der Waals surface area contributed by atoms with Crippen LogP contribution in [0.4, 0.5) is 11.4 Å². The van der Waals surface area contributed by atoms with Crippen molar-refractivity contribution in [3.63, 3.8) is 0 Å². The monoisotopic (exact) mass is 444 g/mol. The average molecular weight is 445 g/mol. The first-order valence-electron chi connectivity index (χ1n) is 8.69. The molecule has 148 valence electrons. The van der Waals surface area contributed by atoms with Gasteiger partial charge in [-0.15, -0.1) is 11.8 Å². The van der Waals surface area contributed by atoms with Crippen LogP contribution in [0.5, 0.6) is 0 Å². The Hall–Kier alpha value is -2.61. The number of rotatable bonds is 6. The van der Waals surface area contributed by atoms with Gasteiger partial charge < -0.3 is 10.2 Å². The van der Waals surface area contributed by atoms with Crippen LogP contribution >= 0.6 is 23.4 Å². The van der Waals surface area contributed by atoms with E-state index in [2.05, 4.69) is 4.72 Å². The molecule has 5 nitrogen and oxygen atoms in total. The molecule has 1 aromatic heterocycles. The summed E-state index contributed by atoms with van der Waals surface area (Å²) in [4.78, 5) is 0.734. The van der Waals surface area contributed by atoms with Gasteiger partial charge in [0.2, 0.25) is 5.09 Å². The molecule has 0 aliphatic rings. The lowest BCUT2D eigenvalue weighted by Crippen LogP contribution is -2.12. The molecule has 29 heavy (non-hydrogen) atoms. The second kappa shape index (κ2) is 8.02. The van der Waals surface area contributed by atoms with Gasteiger partial charge in [0.15, 0.2) is 0 Å². The first-order valence-corrected chi connectivity index (χ1v) is 11.5. The predicted octanol–water partition coefficient (Wildman–Crippen LogP) is 5.76. The molecule has 4 rings (SSSR count). The maximum absolute atomic E-state index is 12.9. The Morgan fingerprint density at radius 3 is 2.55 bits per heavy atom. The number of nitrogens with two attached hydrogens (primary N) is 1. The lowest BCUT2D eigenvalue weighted by Gasteiger charge is -2.12. The zero-order chi connectivity index (χ0) is 20.4. The number of hydrogen-bond donors (Lipinski definition) is 2. The zero-order valence-corrected chi connectivity index (χ0v) is 17.5. The summed E-state index contributed by atoms with van der Waals surface area (Å²) in [6.45, 7) is 0. The van der Waals surface area contributed by atoms with E-state index in [0.717, 1.165) is 10.5 Å². The molecule has 0 saturated carbocycles. The molecule has 0 aliphatic heterocycles. The first-order chi connectivity index (χ1) is 13.9. The minimum atomic E-state index is -3.92. The molecule has 3 N–H and O–H groups in total. The highest BCUT2D eigenvalue weighted by atomic mass is 35.5. The van der Waals surface area contributed by atoms with Gasteiger partial charge in [0.1, 0.15) is 5.58 Å². The second-order valence-corrected chi connectivity index (χ2v) is 9.40. The molecule has 0 amide bonds. The van der Waals surface area contributed by atoms with Crippen molar-refractivity contribution in [1.82, 2.24) is 0 Å². The number of halogens is 1. The van der Waals surface area contributed by atoms with E-state index in [-0.39, 0.29) is 5.09 Å². The van der Waals surface area contributed by atoms with Crippen molar-refractivity contribution in [3.8, 4) is 0 Å². The molecule has 0 aliphatic carbocycles. The lowest BCUT2D eigenvalue weighted by atomic mass is 10.2. The Kier molecular flexibility index (Phi) is 5.45. The van der Waals surface area contributed by atoms with E-state index in [1.165, 1.54) is 17.8 Å². The van der Waals surface area contributed by atoms with Crippen molar-refractivity contribution in [2.45, 2.75) is 15.7 Å². The summed E-state index contributed by atoms with van der Waals surface area (Å²) in [7, 11) is -3.92. The average Bonchev–Trinajstić information content (AvgIpc) is 3.14. The van der Waals surface area contributed by atoms with Crippen molar-refractivity contribution in [3.05, 3.63) is 83.4 Å². The van der Waals surface area contributed by atoms with E-state index in [1.807, 2.05) is 30.3 Å². The summed E-state index contributed by atoms with van der Waals surface area (Å²) in [5.74, 6) is 0.591. The van der Waals surface area contributed by atoms with Crippen LogP contribution < -0.4 is 10.5 Å². The van der Waals surface area contributed by atoms with Gasteiger partial charge >= 0.3 is 0 Å². The van der Waals surface area contributed by atoms with Crippen LogP contribution in [0.25, 0.3) is 11.0 Å². The van der Waals surface area contributed by atoms with Crippen LogP contribution in [0, 0.1) is 0 Å². The van der Waals surface area contributed by atoms with Crippen molar-refractivity contribution in [2.24, 2.45) is 0 Å². The van der Waals surface area contributed by atoms with Crippen LogP contribution in [0.15, 0.2) is 87.2 Å². The van der Waals surface area contributed by atoms with Gasteiger partial charge in [-0.1, -0.05) is 48.0 Å². The lowest BCUT2D eigenvalue weighted by molar-refractivity contribution is 0.484. The van der Waals surface area contributed by atoms with Crippen molar-refractivity contribution in [1.29, 1.82) is 0 Å². The Morgan fingerprint density at radius 1 is 1.00 bits per heavy atom. The third-order valence-electron chi connectivity index (χ3n) is 4.29. The van der Waals surface area contributed by atoms with E-state index < -0.39 is 10.0 Å². The second-order valence-electron chi connectivity index (χ2n) is 6.34. The Balaban J connectivity index is 1.62. The number of sulfonamides is 1. The molecule has 0 radical (unpaired) electrons. The molecule has 0 unspecified atom stereocenters. The van der Waals surface area contributed by atoms with Gasteiger partial charge in [-0.05, 0) is 35.9 Å². The number of furan rings is 1. The fourth-order valence-electron chi connectivity index (χ4n) is 2.81. The summed E-state index contributed by atoms with van der Waals surface area (Å²) in [5.41, 5.74) is 8.56. The summed E-state index contributed by atoms with van der Waals surface area (Å²) in [5, 5.41) is 0.992. The van der Waals surface area contributed by atoms with Crippen LogP contribution in [0.3, 0.4) is 0 Å². The fraction of sp³-hybridized carbons (Fsp3) is 0.0476. The summed E-state index contributed by atoms with van der Waals surface area (Å²) < 4.78 is 33.9. The molecular weight excluding hydrogens is 428 g/mol. The van der Waals surface area contributed by atoms with E-state index in [1.54, 1.807) is 36.4 Å². The summed E-state index contributed by atoms with van der Waals surface area (Å²) >= 11 is 7.58. The van der Waals surface area contributed by atoms with Crippen LogP contribution in [0.2, 0.25) is 5.02 Å². The maximum Gasteiger partial charge on any atom is 0.295 e. The van der Waals surface area contributed by atoms with Gasteiger partial charge in [0.05, 0.1) is 5.69 Å². The van der Waals surface area contributed by atoms with Crippen LogP contribution in [-0.4, -0.2) is 8.42 Å². The number of benzene rings is 3. The molecule has 1 heterocycles. The highest BCUT2D eigenvalue weighted by molar-refractivity contribution is 7.98. The quantitative estimate of drug-likeness (QED) is 0.291. The number of anilines is 2. The maximum atomic E-state index is 12.9. The standard InChI is InChI=1S/C21H17ClN2O3S2/c22-16-9-10-20(28-13-15-6-1-3-7-17(15)23)18(12-16)24-29(25,26)21-11-14-5-2-4-8-19(14)27-21/h1-12,24H,13,23H2. The SMILES string of the molecule is Nc1ccccc1CSc1ccc(Cl)cc1NS(=O)(=O)c1cc2ccccc2o1. The molecule has 8 heteroatoms. The predicted molar refractivity (Wildman–Crippen MR) is 119 cm³/mol. The normalized spacial score (nSPS) is 11.6.